The molecule has 0 amide bonds. The van der Waals surface area contributed by atoms with E-state index in [1.165, 1.54) is 29.2 Å². The summed E-state index contributed by atoms with van der Waals surface area (Å²) in [5.74, 6) is 1.70. The van der Waals surface area contributed by atoms with Gasteiger partial charge in [0.25, 0.3) is 0 Å². The predicted molar refractivity (Wildman–Crippen MR) is 131 cm³/mol. The first-order valence-corrected chi connectivity index (χ1v) is 12.8. The second kappa shape index (κ2) is 11.8. The van der Waals surface area contributed by atoms with Gasteiger partial charge in [-0.25, -0.2) is 0 Å². The number of rotatable bonds is 9. The summed E-state index contributed by atoms with van der Waals surface area (Å²) >= 11 is 0. The van der Waals surface area contributed by atoms with Gasteiger partial charge in [-0.05, 0) is 106 Å². The van der Waals surface area contributed by atoms with E-state index in [9.17, 15) is 4.79 Å². The molecular formula is C28H39NO4. The lowest BCUT2D eigenvalue weighted by Crippen LogP contribution is -2.36. The Labute approximate surface area is 198 Å². The van der Waals surface area contributed by atoms with Gasteiger partial charge < -0.3 is 14.2 Å². The number of esters is 1. The van der Waals surface area contributed by atoms with Crippen LogP contribution in [0.25, 0.3) is 10.8 Å². The lowest BCUT2D eigenvalue weighted by Gasteiger charge is -2.30. The number of benzene rings is 2. The largest absolute Gasteiger partial charge is 0.490 e. The number of hydrogen-bond donors (Lipinski definition) is 0. The Hall–Kier alpha value is -2.11. The molecule has 2 fully saturated rings. The molecule has 1 heterocycles. The zero-order chi connectivity index (χ0) is 23.0. The number of ether oxygens (including phenoxy) is 3. The molecule has 180 valence electrons. The number of likely N-dealkylation sites (tertiary alicyclic amines) is 1. The van der Waals surface area contributed by atoms with Gasteiger partial charge in [0, 0.05) is 19.8 Å². The topological polar surface area (TPSA) is 48.0 Å². The molecule has 5 heteroatoms. The third-order valence-electron chi connectivity index (χ3n) is 7.14. The molecule has 0 spiro atoms. The van der Waals surface area contributed by atoms with Crippen LogP contribution in [0.1, 0.15) is 57.9 Å². The maximum Gasteiger partial charge on any atom is 0.309 e. The minimum Gasteiger partial charge on any atom is -0.490 e. The van der Waals surface area contributed by atoms with Crippen molar-refractivity contribution in [3.05, 3.63) is 42.0 Å². The van der Waals surface area contributed by atoms with Crippen molar-refractivity contribution in [1.82, 2.24) is 4.90 Å². The first-order chi connectivity index (χ1) is 16.1. The summed E-state index contributed by atoms with van der Waals surface area (Å²) < 4.78 is 17.1. The van der Waals surface area contributed by atoms with Crippen LogP contribution in [0.4, 0.5) is 0 Å². The van der Waals surface area contributed by atoms with Crippen molar-refractivity contribution in [2.45, 2.75) is 65.0 Å². The number of carbonyl (C=O) groups excluding carboxylic acids is 1. The normalized spacial score (nSPS) is 22.4. The zero-order valence-corrected chi connectivity index (χ0v) is 20.3. The van der Waals surface area contributed by atoms with Crippen LogP contribution in [-0.4, -0.2) is 49.9 Å². The van der Waals surface area contributed by atoms with Gasteiger partial charge in [-0.15, -0.1) is 0 Å². The lowest BCUT2D eigenvalue weighted by atomic mass is 9.88. The zero-order valence-electron chi connectivity index (χ0n) is 20.3. The van der Waals surface area contributed by atoms with Crippen LogP contribution in [0.3, 0.4) is 0 Å². The molecule has 0 atom stereocenters. The average molecular weight is 454 g/mol. The standard InChI is InChI=1S/C28H39NO4/c1-3-31-20-21-6-10-26(11-7-21)33-27-12-9-24-17-22(5-8-25(24)18-27)19-29-15-13-23(14-16-29)28(30)32-4-2/h5,8-9,12,17-18,21,23,26H,3-4,6-7,10-11,13-16,19-20H2,1-2H3. The van der Waals surface area contributed by atoms with E-state index < -0.39 is 0 Å². The second-order valence-electron chi connectivity index (χ2n) is 9.57. The fourth-order valence-electron chi connectivity index (χ4n) is 5.18. The van der Waals surface area contributed by atoms with Crippen LogP contribution >= 0.6 is 0 Å². The Bertz CT molecular complexity index is 898. The highest BCUT2D eigenvalue weighted by Gasteiger charge is 2.26. The van der Waals surface area contributed by atoms with Gasteiger partial charge in [-0.2, -0.15) is 0 Å². The van der Waals surface area contributed by atoms with Crippen LogP contribution in [-0.2, 0) is 20.8 Å². The van der Waals surface area contributed by atoms with Crippen LogP contribution in [0.2, 0.25) is 0 Å². The molecule has 2 aliphatic rings. The SMILES string of the molecule is CCOCC1CCC(Oc2ccc3cc(CN4CCC(C(=O)OCC)CC4)ccc3c2)CC1. The Morgan fingerprint density at radius 2 is 1.64 bits per heavy atom. The van der Waals surface area contributed by atoms with Gasteiger partial charge in [0.15, 0.2) is 0 Å². The first-order valence-electron chi connectivity index (χ1n) is 12.8. The second-order valence-corrected chi connectivity index (χ2v) is 9.57. The minimum absolute atomic E-state index is 0.0283. The van der Waals surface area contributed by atoms with Gasteiger partial charge >= 0.3 is 5.97 Å². The molecule has 5 nitrogen and oxygen atoms in total. The molecular weight excluding hydrogens is 414 g/mol. The van der Waals surface area contributed by atoms with E-state index in [1.54, 1.807) is 0 Å². The van der Waals surface area contributed by atoms with Crippen LogP contribution in [0.15, 0.2) is 36.4 Å². The van der Waals surface area contributed by atoms with Gasteiger partial charge in [0.1, 0.15) is 5.75 Å². The minimum atomic E-state index is -0.0283. The maximum absolute atomic E-state index is 12.0. The van der Waals surface area contributed by atoms with Crippen molar-refractivity contribution in [3.63, 3.8) is 0 Å². The molecule has 1 aliphatic heterocycles. The molecule has 4 rings (SSSR count). The molecule has 0 aromatic heterocycles. The molecule has 0 bridgehead atoms. The van der Waals surface area contributed by atoms with Crippen molar-refractivity contribution in [3.8, 4) is 5.75 Å². The first kappa shape index (κ1) is 24.0. The van der Waals surface area contributed by atoms with E-state index in [-0.39, 0.29) is 11.9 Å². The smallest absolute Gasteiger partial charge is 0.309 e. The highest BCUT2D eigenvalue weighted by Crippen LogP contribution is 2.30. The third-order valence-corrected chi connectivity index (χ3v) is 7.14. The molecule has 0 radical (unpaired) electrons. The van der Waals surface area contributed by atoms with Crippen LogP contribution in [0, 0.1) is 11.8 Å². The average Bonchev–Trinajstić information content (AvgIpc) is 2.84. The van der Waals surface area contributed by atoms with E-state index in [0.717, 1.165) is 64.3 Å². The highest BCUT2D eigenvalue weighted by molar-refractivity contribution is 5.84. The summed E-state index contributed by atoms with van der Waals surface area (Å²) in [5.41, 5.74) is 1.32. The van der Waals surface area contributed by atoms with Crippen LogP contribution in [0.5, 0.6) is 5.75 Å². The Morgan fingerprint density at radius 3 is 2.36 bits per heavy atom. The number of hydrogen-bond acceptors (Lipinski definition) is 5. The number of piperidine rings is 1. The monoisotopic (exact) mass is 453 g/mol. The number of fused-ring (bicyclic) bond motifs is 1. The van der Waals surface area contributed by atoms with Crippen LogP contribution < -0.4 is 4.74 Å². The molecule has 0 N–H and O–H groups in total. The van der Waals surface area contributed by atoms with Crippen molar-refractivity contribution in [2.75, 3.05) is 32.9 Å². The lowest BCUT2D eigenvalue weighted by molar-refractivity contribution is -0.149. The molecule has 0 unspecified atom stereocenters. The summed E-state index contributed by atoms with van der Waals surface area (Å²) in [6, 6.07) is 13.2. The molecule has 2 aromatic carbocycles. The Kier molecular flexibility index (Phi) is 8.63. The van der Waals surface area contributed by atoms with E-state index in [4.69, 9.17) is 14.2 Å². The fourth-order valence-corrected chi connectivity index (χ4v) is 5.18. The van der Waals surface area contributed by atoms with E-state index in [1.807, 2.05) is 6.92 Å². The Morgan fingerprint density at radius 1 is 0.909 bits per heavy atom. The van der Waals surface area contributed by atoms with E-state index >= 15 is 0 Å². The summed E-state index contributed by atoms with van der Waals surface area (Å²) in [7, 11) is 0. The molecule has 33 heavy (non-hydrogen) atoms. The summed E-state index contributed by atoms with van der Waals surface area (Å²) in [4.78, 5) is 14.4. The van der Waals surface area contributed by atoms with Crippen molar-refractivity contribution in [1.29, 1.82) is 0 Å². The highest BCUT2D eigenvalue weighted by atomic mass is 16.5. The Balaban J connectivity index is 1.28. The van der Waals surface area contributed by atoms with Gasteiger partial charge in [0.05, 0.1) is 18.6 Å². The summed E-state index contributed by atoms with van der Waals surface area (Å²) in [5, 5.41) is 2.48. The summed E-state index contributed by atoms with van der Waals surface area (Å²) in [6.45, 7) is 8.93. The molecule has 1 aliphatic carbocycles. The molecule has 2 aromatic rings. The van der Waals surface area contributed by atoms with E-state index in [2.05, 4.69) is 48.2 Å². The van der Waals surface area contributed by atoms with Gasteiger partial charge in [0.2, 0.25) is 0 Å². The maximum atomic E-state index is 12.0. The summed E-state index contributed by atoms with van der Waals surface area (Å²) in [6.07, 6.45) is 6.71. The van der Waals surface area contributed by atoms with Crippen molar-refractivity contribution < 1.29 is 19.0 Å². The molecule has 1 saturated carbocycles. The van der Waals surface area contributed by atoms with Crippen molar-refractivity contribution in [2.24, 2.45) is 11.8 Å². The number of carbonyl (C=O) groups is 1. The molecule has 1 saturated heterocycles. The van der Waals surface area contributed by atoms with E-state index in [0.29, 0.717) is 18.6 Å². The third kappa shape index (κ3) is 6.70. The fraction of sp³-hybridized carbons (Fsp3) is 0.607. The number of nitrogens with zero attached hydrogens (tertiary/aromatic N) is 1. The van der Waals surface area contributed by atoms with Crippen molar-refractivity contribution >= 4 is 16.7 Å². The quantitative estimate of drug-likeness (QED) is 0.463. The van der Waals surface area contributed by atoms with Gasteiger partial charge in [-0.1, -0.05) is 18.2 Å². The predicted octanol–water partition coefficient (Wildman–Crippen LogP) is 5.59. The van der Waals surface area contributed by atoms with Gasteiger partial charge in [-0.3, -0.25) is 9.69 Å².